The van der Waals surface area contributed by atoms with Gasteiger partial charge in [-0.25, -0.2) is 0 Å². The van der Waals surface area contributed by atoms with Crippen LogP contribution in [0, 0.1) is 0 Å². The Balaban J connectivity index is 2.55. The van der Waals surface area contributed by atoms with Crippen molar-refractivity contribution in [2.45, 2.75) is 0 Å². The molecule has 0 saturated carbocycles. The molecule has 88 valence electrons. The molecule has 0 amide bonds. The highest BCUT2D eigenvalue weighted by Gasteiger charge is 2.12. The normalized spacial score (nSPS) is 10.0. The molecule has 1 aromatic carbocycles. The maximum absolute atomic E-state index is 10.9. The summed E-state index contributed by atoms with van der Waals surface area (Å²) in [5.41, 5.74) is 1.90. The molecule has 0 aliphatic carbocycles. The van der Waals surface area contributed by atoms with Gasteiger partial charge in [0.1, 0.15) is 11.5 Å². The number of benzene rings is 1. The molecular weight excluding hydrogens is 220 g/mol. The second kappa shape index (κ2) is 4.69. The van der Waals surface area contributed by atoms with Gasteiger partial charge in [-0.05, 0) is 12.1 Å². The van der Waals surface area contributed by atoms with Gasteiger partial charge in [-0.2, -0.15) is 5.10 Å². The van der Waals surface area contributed by atoms with E-state index in [1.165, 1.54) is 6.20 Å². The predicted molar refractivity (Wildman–Crippen MR) is 62.5 cm³/mol. The Labute approximate surface area is 98.4 Å². The molecular formula is C12H12N2O3. The number of H-pyrrole nitrogens is 1. The number of carbonyl (C=O) groups is 1. The Morgan fingerprint density at radius 2 is 2.12 bits per heavy atom. The van der Waals surface area contributed by atoms with Gasteiger partial charge in [-0.15, -0.1) is 0 Å². The number of hydrogen-bond donors (Lipinski definition) is 1. The van der Waals surface area contributed by atoms with Crippen molar-refractivity contribution in [3.63, 3.8) is 0 Å². The van der Waals surface area contributed by atoms with Gasteiger partial charge < -0.3 is 9.47 Å². The quantitative estimate of drug-likeness (QED) is 0.818. The van der Waals surface area contributed by atoms with E-state index in [-0.39, 0.29) is 0 Å². The van der Waals surface area contributed by atoms with Crippen LogP contribution < -0.4 is 9.47 Å². The Morgan fingerprint density at radius 3 is 2.76 bits per heavy atom. The molecule has 0 atom stereocenters. The summed E-state index contributed by atoms with van der Waals surface area (Å²) >= 11 is 0. The molecule has 0 aliphatic rings. The first-order valence-electron chi connectivity index (χ1n) is 5.01. The molecule has 2 aromatic rings. The molecule has 5 heteroatoms. The maximum Gasteiger partial charge on any atom is 0.153 e. The number of aromatic amines is 1. The molecule has 1 heterocycles. The zero-order valence-corrected chi connectivity index (χ0v) is 9.56. The number of aldehydes is 1. The van der Waals surface area contributed by atoms with Gasteiger partial charge in [0.05, 0.1) is 31.7 Å². The lowest BCUT2D eigenvalue weighted by Gasteiger charge is -2.09. The first-order valence-corrected chi connectivity index (χ1v) is 5.01. The van der Waals surface area contributed by atoms with Gasteiger partial charge in [0.2, 0.25) is 0 Å². The molecule has 0 fully saturated rings. The Bertz CT molecular complexity index is 534. The number of carbonyl (C=O) groups excluding carboxylic acids is 1. The lowest BCUT2D eigenvalue weighted by molar-refractivity contribution is 0.112. The fourth-order valence-electron chi connectivity index (χ4n) is 1.61. The summed E-state index contributed by atoms with van der Waals surface area (Å²) in [5, 5.41) is 6.63. The number of ether oxygens (including phenoxy) is 2. The van der Waals surface area contributed by atoms with Crippen LogP contribution in [0.15, 0.2) is 24.4 Å². The van der Waals surface area contributed by atoms with Crippen molar-refractivity contribution in [2.24, 2.45) is 0 Å². The fourth-order valence-corrected chi connectivity index (χ4v) is 1.61. The van der Waals surface area contributed by atoms with E-state index in [4.69, 9.17) is 9.47 Å². The van der Waals surface area contributed by atoms with Crippen molar-refractivity contribution in [3.8, 4) is 22.8 Å². The van der Waals surface area contributed by atoms with Crippen molar-refractivity contribution in [1.82, 2.24) is 10.2 Å². The van der Waals surface area contributed by atoms with Crippen LogP contribution >= 0.6 is 0 Å². The SMILES string of the molecule is COc1ccc(-c2[nH]ncc2C=O)c(OC)c1. The summed E-state index contributed by atoms with van der Waals surface area (Å²) in [6.07, 6.45) is 2.23. The molecule has 0 radical (unpaired) electrons. The number of methoxy groups -OCH3 is 2. The summed E-state index contributed by atoms with van der Waals surface area (Å²) in [6.45, 7) is 0. The second-order valence-electron chi connectivity index (χ2n) is 3.38. The second-order valence-corrected chi connectivity index (χ2v) is 3.38. The number of rotatable bonds is 4. The molecule has 1 N–H and O–H groups in total. The molecule has 5 nitrogen and oxygen atoms in total. The third kappa shape index (κ3) is 1.99. The monoisotopic (exact) mass is 232 g/mol. The summed E-state index contributed by atoms with van der Waals surface area (Å²) in [7, 11) is 3.15. The van der Waals surface area contributed by atoms with Gasteiger partial charge in [-0.3, -0.25) is 9.89 Å². The molecule has 2 rings (SSSR count). The minimum Gasteiger partial charge on any atom is -0.497 e. The topological polar surface area (TPSA) is 64.2 Å². The smallest absolute Gasteiger partial charge is 0.153 e. The fraction of sp³-hybridized carbons (Fsp3) is 0.167. The van der Waals surface area contributed by atoms with Crippen LogP contribution in [0.2, 0.25) is 0 Å². The van der Waals surface area contributed by atoms with E-state index in [1.807, 2.05) is 6.07 Å². The van der Waals surface area contributed by atoms with Crippen LogP contribution in [-0.2, 0) is 0 Å². The highest BCUT2D eigenvalue weighted by atomic mass is 16.5. The number of nitrogens with zero attached hydrogens (tertiary/aromatic N) is 1. The first-order chi connectivity index (χ1) is 8.30. The lowest BCUT2D eigenvalue weighted by Crippen LogP contribution is -1.92. The van der Waals surface area contributed by atoms with E-state index in [9.17, 15) is 4.79 Å². The maximum atomic E-state index is 10.9. The number of nitrogens with one attached hydrogen (secondary N) is 1. The van der Waals surface area contributed by atoms with Gasteiger partial charge >= 0.3 is 0 Å². The summed E-state index contributed by atoms with van der Waals surface area (Å²) < 4.78 is 10.4. The van der Waals surface area contributed by atoms with Gasteiger partial charge in [0.25, 0.3) is 0 Å². The van der Waals surface area contributed by atoms with Gasteiger partial charge in [-0.1, -0.05) is 0 Å². The van der Waals surface area contributed by atoms with Crippen molar-refractivity contribution < 1.29 is 14.3 Å². The molecule has 1 aromatic heterocycles. The average Bonchev–Trinajstić information content (AvgIpc) is 2.85. The average molecular weight is 232 g/mol. The van der Waals surface area contributed by atoms with Crippen LogP contribution in [-0.4, -0.2) is 30.7 Å². The molecule has 0 saturated heterocycles. The number of aromatic nitrogens is 2. The zero-order valence-electron chi connectivity index (χ0n) is 9.56. The van der Waals surface area contributed by atoms with Crippen molar-refractivity contribution in [2.75, 3.05) is 14.2 Å². The van der Waals surface area contributed by atoms with Crippen molar-refractivity contribution >= 4 is 6.29 Å². The Morgan fingerprint density at radius 1 is 1.29 bits per heavy atom. The molecule has 0 aliphatic heterocycles. The Hall–Kier alpha value is -2.30. The van der Waals surface area contributed by atoms with Crippen molar-refractivity contribution in [3.05, 3.63) is 30.0 Å². The van der Waals surface area contributed by atoms with Crippen LogP contribution in [0.1, 0.15) is 10.4 Å². The lowest BCUT2D eigenvalue weighted by atomic mass is 10.1. The van der Waals surface area contributed by atoms with E-state index >= 15 is 0 Å². The molecule has 0 unspecified atom stereocenters. The van der Waals surface area contributed by atoms with Crippen molar-refractivity contribution in [1.29, 1.82) is 0 Å². The zero-order chi connectivity index (χ0) is 12.3. The van der Waals surface area contributed by atoms with Crippen LogP contribution in [0.4, 0.5) is 0 Å². The van der Waals surface area contributed by atoms with Gasteiger partial charge in [0, 0.05) is 11.6 Å². The predicted octanol–water partition coefficient (Wildman–Crippen LogP) is 1.91. The van der Waals surface area contributed by atoms with E-state index < -0.39 is 0 Å². The van der Waals surface area contributed by atoms with E-state index in [0.717, 1.165) is 11.8 Å². The molecule has 17 heavy (non-hydrogen) atoms. The van der Waals surface area contributed by atoms with Crippen LogP contribution in [0.25, 0.3) is 11.3 Å². The van der Waals surface area contributed by atoms with E-state index in [1.54, 1.807) is 26.4 Å². The molecule has 0 spiro atoms. The van der Waals surface area contributed by atoms with E-state index in [2.05, 4.69) is 10.2 Å². The van der Waals surface area contributed by atoms with Crippen LogP contribution in [0.3, 0.4) is 0 Å². The standard InChI is InChI=1S/C12H12N2O3/c1-16-9-3-4-10(11(5-9)17-2)12-8(7-15)6-13-14-12/h3-7H,1-2H3,(H,13,14). The highest BCUT2D eigenvalue weighted by Crippen LogP contribution is 2.33. The summed E-state index contributed by atoms with van der Waals surface area (Å²) in [4.78, 5) is 10.9. The van der Waals surface area contributed by atoms with Crippen LogP contribution in [0.5, 0.6) is 11.5 Å². The van der Waals surface area contributed by atoms with E-state index in [0.29, 0.717) is 22.8 Å². The minimum absolute atomic E-state index is 0.494. The third-order valence-corrected chi connectivity index (χ3v) is 2.47. The minimum atomic E-state index is 0.494. The first kappa shape index (κ1) is 11.2. The molecule has 0 bridgehead atoms. The Kier molecular flexibility index (Phi) is 3.09. The summed E-state index contributed by atoms with van der Waals surface area (Å²) in [5.74, 6) is 1.31. The largest absolute Gasteiger partial charge is 0.497 e. The number of hydrogen-bond acceptors (Lipinski definition) is 4. The van der Waals surface area contributed by atoms with Gasteiger partial charge in [0.15, 0.2) is 6.29 Å². The highest BCUT2D eigenvalue weighted by molar-refractivity contribution is 5.87. The third-order valence-electron chi connectivity index (χ3n) is 2.47. The summed E-state index contributed by atoms with van der Waals surface area (Å²) in [6, 6.07) is 5.37.